The van der Waals surface area contributed by atoms with Crippen molar-refractivity contribution in [1.29, 1.82) is 0 Å². The molecule has 0 aromatic carbocycles. The fraction of sp³-hybridized carbons (Fsp3) is 0.400. The molecule has 0 spiro atoms. The monoisotopic (exact) mass is 207 g/mol. The molecule has 5 nitrogen and oxygen atoms in total. The molecule has 1 N–H and O–H groups in total. The molecule has 0 aliphatic heterocycles. The van der Waals surface area contributed by atoms with Crippen molar-refractivity contribution in [2.24, 2.45) is 0 Å². The van der Waals surface area contributed by atoms with E-state index in [0.29, 0.717) is 17.5 Å². The number of furan rings is 1. The molecule has 5 heteroatoms. The summed E-state index contributed by atoms with van der Waals surface area (Å²) in [6, 6.07) is 1.87. The average molecular weight is 207 g/mol. The van der Waals surface area contributed by atoms with Crippen LogP contribution in [0, 0.1) is 6.92 Å². The summed E-state index contributed by atoms with van der Waals surface area (Å²) in [5.41, 5.74) is 0.999. The maximum absolute atomic E-state index is 5.26. The van der Waals surface area contributed by atoms with E-state index in [0.717, 1.165) is 18.5 Å². The summed E-state index contributed by atoms with van der Waals surface area (Å²) < 4.78 is 10.4. The van der Waals surface area contributed by atoms with E-state index in [1.807, 2.05) is 20.0 Å². The van der Waals surface area contributed by atoms with Crippen LogP contribution in [-0.2, 0) is 6.42 Å². The van der Waals surface area contributed by atoms with Crippen molar-refractivity contribution in [2.45, 2.75) is 13.3 Å². The van der Waals surface area contributed by atoms with Gasteiger partial charge in [0.25, 0.3) is 5.89 Å². The number of aromatic nitrogens is 2. The summed E-state index contributed by atoms with van der Waals surface area (Å²) in [6.45, 7) is 2.77. The maximum atomic E-state index is 5.26. The zero-order valence-corrected chi connectivity index (χ0v) is 8.78. The van der Waals surface area contributed by atoms with Gasteiger partial charge in [-0.3, -0.25) is 0 Å². The fourth-order valence-electron chi connectivity index (χ4n) is 1.28. The van der Waals surface area contributed by atoms with E-state index < -0.39 is 0 Å². The van der Waals surface area contributed by atoms with Crippen LogP contribution in [0.3, 0.4) is 0 Å². The zero-order valence-electron chi connectivity index (χ0n) is 8.78. The standard InChI is InChI=1S/C10H13N3O2/c1-7-4-6-14-9(7)10-12-8(13-15-10)3-5-11-2/h4,6,11H,3,5H2,1-2H3. The lowest BCUT2D eigenvalue weighted by molar-refractivity contribution is 0.408. The van der Waals surface area contributed by atoms with Gasteiger partial charge in [0.1, 0.15) is 0 Å². The first-order valence-corrected chi connectivity index (χ1v) is 4.83. The molecule has 2 aromatic rings. The Morgan fingerprint density at radius 1 is 1.47 bits per heavy atom. The predicted octanol–water partition coefficient (Wildman–Crippen LogP) is 1.40. The molecule has 15 heavy (non-hydrogen) atoms. The Kier molecular flexibility index (Phi) is 2.82. The van der Waals surface area contributed by atoms with Crippen LogP contribution in [0.4, 0.5) is 0 Å². The lowest BCUT2D eigenvalue weighted by Gasteiger charge is -1.90. The lowest BCUT2D eigenvalue weighted by atomic mass is 10.3. The lowest BCUT2D eigenvalue weighted by Crippen LogP contribution is -2.10. The second-order valence-corrected chi connectivity index (χ2v) is 3.30. The molecule has 0 unspecified atom stereocenters. The minimum absolute atomic E-state index is 0.448. The van der Waals surface area contributed by atoms with Crippen LogP contribution in [0.25, 0.3) is 11.7 Å². The Labute approximate surface area is 87.5 Å². The van der Waals surface area contributed by atoms with Gasteiger partial charge in [0.2, 0.25) is 0 Å². The minimum atomic E-state index is 0.448. The number of likely N-dealkylation sites (N-methyl/N-ethyl adjacent to an activating group) is 1. The molecular formula is C10H13N3O2. The molecule has 0 fully saturated rings. The zero-order chi connectivity index (χ0) is 10.7. The highest BCUT2D eigenvalue weighted by molar-refractivity contribution is 5.49. The molecule has 2 heterocycles. The number of nitrogens with one attached hydrogen (secondary N) is 1. The van der Waals surface area contributed by atoms with Crippen LogP contribution in [0.1, 0.15) is 11.4 Å². The first-order valence-electron chi connectivity index (χ1n) is 4.83. The maximum Gasteiger partial charge on any atom is 0.293 e. The number of aryl methyl sites for hydroxylation is 1. The Bertz CT molecular complexity index is 433. The normalized spacial score (nSPS) is 10.8. The SMILES string of the molecule is CNCCc1noc(-c2occc2C)n1. The summed E-state index contributed by atoms with van der Waals surface area (Å²) >= 11 is 0. The first-order chi connectivity index (χ1) is 7.31. The molecule has 0 aliphatic rings. The van der Waals surface area contributed by atoms with Gasteiger partial charge in [0, 0.05) is 18.5 Å². The average Bonchev–Trinajstić information content (AvgIpc) is 2.83. The molecule has 0 aliphatic carbocycles. The van der Waals surface area contributed by atoms with E-state index in [1.165, 1.54) is 0 Å². The quantitative estimate of drug-likeness (QED) is 0.821. The van der Waals surface area contributed by atoms with Crippen LogP contribution in [-0.4, -0.2) is 23.7 Å². The van der Waals surface area contributed by atoms with Gasteiger partial charge < -0.3 is 14.3 Å². The van der Waals surface area contributed by atoms with Crippen molar-refractivity contribution in [3.63, 3.8) is 0 Å². The summed E-state index contributed by atoms with van der Waals surface area (Å²) in [6.07, 6.45) is 2.36. The Morgan fingerprint density at radius 3 is 3.00 bits per heavy atom. The highest BCUT2D eigenvalue weighted by Crippen LogP contribution is 2.22. The van der Waals surface area contributed by atoms with Crippen LogP contribution in [0.15, 0.2) is 21.3 Å². The molecule has 0 bridgehead atoms. The number of rotatable bonds is 4. The first kappa shape index (κ1) is 9.92. The third-order valence-corrected chi connectivity index (χ3v) is 2.12. The van der Waals surface area contributed by atoms with Gasteiger partial charge in [-0.25, -0.2) is 0 Å². The largest absolute Gasteiger partial charge is 0.459 e. The van der Waals surface area contributed by atoms with Crippen molar-refractivity contribution >= 4 is 0 Å². The smallest absolute Gasteiger partial charge is 0.293 e. The number of hydrogen-bond donors (Lipinski definition) is 1. The summed E-state index contributed by atoms with van der Waals surface area (Å²) in [5, 5.41) is 6.89. The van der Waals surface area contributed by atoms with Crippen molar-refractivity contribution in [1.82, 2.24) is 15.5 Å². The van der Waals surface area contributed by atoms with E-state index in [1.54, 1.807) is 6.26 Å². The van der Waals surface area contributed by atoms with Gasteiger partial charge in [-0.1, -0.05) is 5.16 Å². The summed E-state index contributed by atoms with van der Waals surface area (Å²) in [4.78, 5) is 4.24. The topological polar surface area (TPSA) is 64.1 Å². The molecule has 80 valence electrons. The van der Waals surface area contributed by atoms with E-state index in [-0.39, 0.29) is 0 Å². The van der Waals surface area contributed by atoms with Crippen molar-refractivity contribution in [2.75, 3.05) is 13.6 Å². The van der Waals surface area contributed by atoms with Gasteiger partial charge in [-0.05, 0) is 20.0 Å². The Morgan fingerprint density at radius 2 is 2.33 bits per heavy atom. The third kappa shape index (κ3) is 2.07. The van der Waals surface area contributed by atoms with Gasteiger partial charge in [-0.2, -0.15) is 4.98 Å². The Hall–Kier alpha value is -1.62. The molecular weight excluding hydrogens is 194 g/mol. The van der Waals surface area contributed by atoms with Crippen LogP contribution >= 0.6 is 0 Å². The molecule has 0 atom stereocenters. The predicted molar refractivity (Wildman–Crippen MR) is 54.4 cm³/mol. The van der Waals surface area contributed by atoms with E-state index in [9.17, 15) is 0 Å². The Balaban J connectivity index is 2.17. The summed E-state index contributed by atoms with van der Waals surface area (Å²) in [5.74, 6) is 1.79. The second-order valence-electron chi connectivity index (χ2n) is 3.30. The van der Waals surface area contributed by atoms with Gasteiger partial charge in [0.15, 0.2) is 11.6 Å². The molecule has 0 amide bonds. The second kappa shape index (κ2) is 4.27. The van der Waals surface area contributed by atoms with Crippen LogP contribution in [0.2, 0.25) is 0 Å². The van der Waals surface area contributed by atoms with Crippen molar-refractivity contribution < 1.29 is 8.94 Å². The molecule has 0 saturated carbocycles. The fourth-order valence-corrected chi connectivity index (χ4v) is 1.28. The van der Waals surface area contributed by atoms with Gasteiger partial charge >= 0.3 is 0 Å². The molecule has 0 radical (unpaired) electrons. The van der Waals surface area contributed by atoms with Crippen molar-refractivity contribution in [3.05, 3.63) is 23.7 Å². The van der Waals surface area contributed by atoms with Gasteiger partial charge in [-0.15, -0.1) is 0 Å². The molecule has 2 rings (SSSR count). The van der Waals surface area contributed by atoms with E-state index in [4.69, 9.17) is 8.94 Å². The summed E-state index contributed by atoms with van der Waals surface area (Å²) in [7, 11) is 1.89. The molecule has 2 aromatic heterocycles. The van der Waals surface area contributed by atoms with Crippen LogP contribution in [0.5, 0.6) is 0 Å². The van der Waals surface area contributed by atoms with Crippen LogP contribution < -0.4 is 5.32 Å². The highest BCUT2D eigenvalue weighted by atomic mass is 16.5. The minimum Gasteiger partial charge on any atom is -0.459 e. The van der Waals surface area contributed by atoms with Crippen molar-refractivity contribution in [3.8, 4) is 11.7 Å². The number of nitrogens with zero attached hydrogens (tertiary/aromatic N) is 2. The van der Waals surface area contributed by atoms with E-state index >= 15 is 0 Å². The molecule has 0 saturated heterocycles. The highest BCUT2D eigenvalue weighted by Gasteiger charge is 2.13. The van der Waals surface area contributed by atoms with E-state index in [2.05, 4.69) is 15.5 Å². The third-order valence-electron chi connectivity index (χ3n) is 2.12. The van der Waals surface area contributed by atoms with Gasteiger partial charge in [0.05, 0.1) is 6.26 Å². The number of hydrogen-bond acceptors (Lipinski definition) is 5.